The zero-order chi connectivity index (χ0) is 11.5. The van der Waals surface area contributed by atoms with Gasteiger partial charge in [-0.15, -0.1) is 0 Å². The fraction of sp³-hybridized carbons (Fsp3) is 0.273. The van der Waals surface area contributed by atoms with Crippen LogP contribution in [0.3, 0.4) is 0 Å². The van der Waals surface area contributed by atoms with Crippen LogP contribution in [0.1, 0.15) is 12.8 Å². The standard InChI is InChI=1S/C11H10N2O3/c14-10(15)6-5-9-12-8-4-2-1-3-7(8)11(16)13-9/h1-4,7H,5-6H2,(H,14,15). The highest BCUT2D eigenvalue weighted by Gasteiger charge is 2.25. The average molecular weight is 218 g/mol. The number of rotatable bonds is 3. The molecule has 0 fully saturated rings. The monoisotopic (exact) mass is 218 g/mol. The molecule has 0 bridgehead atoms. The van der Waals surface area contributed by atoms with E-state index >= 15 is 0 Å². The summed E-state index contributed by atoms with van der Waals surface area (Å²) in [5, 5.41) is 8.53. The largest absolute Gasteiger partial charge is 0.481 e. The number of carbonyl (C=O) groups excluding carboxylic acids is 1. The SMILES string of the molecule is O=C(O)CCC1=NC(=O)C2C=CC=CC2=N1. The first-order valence-corrected chi connectivity index (χ1v) is 4.93. The maximum absolute atomic E-state index is 11.6. The third-order valence-corrected chi connectivity index (χ3v) is 2.33. The van der Waals surface area contributed by atoms with Gasteiger partial charge in [0.15, 0.2) is 0 Å². The van der Waals surface area contributed by atoms with Gasteiger partial charge >= 0.3 is 5.97 Å². The molecule has 0 spiro atoms. The summed E-state index contributed by atoms with van der Waals surface area (Å²) >= 11 is 0. The maximum atomic E-state index is 11.6. The maximum Gasteiger partial charge on any atom is 0.303 e. The normalized spacial score (nSPS) is 22.5. The van der Waals surface area contributed by atoms with Crippen molar-refractivity contribution in [2.75, 3.05) is 0 Å². The van der Waals surface area contributed by atoms with Crippen molar-refractivity contribution in [2.45, 2.75) is 12.8 Å². The lowest BCUT2D eigenvalue weighted by molar-refractivity contribution is -0.136. The van der Waals surface area contributed by atoms with Crippen LogP contribution in [0.4, 0.5) is 0 Å². The highest BCUT2D eigenvalue weighted by molar-refractivity contribution is 6.21. The van der Waals surface area contributed by atoms with E-state index in [-0.39, 0.29) is 18.7 Å². The molecule has 0 aromatic rings. The Morgan fingerprint density at radius 1 is 1.38 bits per heavy atom. The van der Waals surface area contributed by atoms with Crippen LogP contribution in [0.15, 0.2) is 34.3 Å². The molecule has 1 heterocycles. The quantitative estimate of drug-likeness (QED) is 0.766. The molecule has 1 unspecified atom stereocenters. The van der Waals surface area contributed by atoms with Gasteiger partial charge in [-0.2, -0.15) is 4.99 Å². The Bertz CT molecular complexity index is 458. The fourth-order valence-electron chi connectivity index (χ4n) is 1.55. The van der Waals surface area contributed by atoms with E-state index < -0.39 is 11.9 Å². The van der Waals surface area contributed by atoms with Gasteiger partial charge in [-0.05, 0) is 6.08 Å². The number of aliphatic carboxylic acids is 1. The minimum Gasteiger partial charge on any atom is -0.481 e. The van der Waals surface area contributed by atoms with Gasteiger partial charge < -0.3 is 5.11 Å². The van der Waals surface area contributed by atoms with E-state index in [9.17, 15) is 9.59 Å². The summed E-state index contributed by atoms with van der Waals surface area (Å²) in [6, 6.07) is 0. The van der Waals surface area contributed by atoms with E-state index in [0.29, 0.717) is 11.5 Å². The minimum atomic E-state index is -0.920. The smallest absolute Gasteiger partial charge is 0.303 e. The van der Waals surface area contributed by atoms with E-state index in [4.69, 9.17) is 5.11 Å². The lowest BCUT2D eigenvalue weighted by Crippen LogP contribution is -2.27. The van der Waals surface area contributed by atoms with Crippen LogP contribution >= 0.6 is 0 Å². The molecule has 0 saturated heterocycles. The number of allylic oxidation sites excluding steroid dienone is 3. The van der Waals surface area contributed by atoms with Gasteiger partial charge in [0.2, 0.25) is 0 Å². The Labute approximate surface area is 91.9 Å². The number of nitrogens with zero attached hydrogens (tertiary/aromatic N) is 2. The van der Waals surface area contributed by atoms with Crippen LogP contribution in [-0.2, 0) is 9.59 Å². The first kappa shape index (κ1) is 10.5. The number of hydrogen-bond donors (Lipinski definition) is 1. The third-order valence-electron chi connectivity index (χ3n) is 2.33. The molecular weight excluding hydrogens is 208 g/mol. The number of carboxylic acids is 1. The van der Waals surface area contributed by atoms with Crippen LogP contribution in [0, 0.1) is 5.92 Å². The Hall–Kier alpha value is -2.04. The fourth-order valence-corrected chi connectivity index (χ4v) is 1.55. The molecule has 2 aliphatic rings. The highest BCUT2D eigenvalue weighted by Crippen LogP contribution is 2.17. The molecule has 5 nitrogen and oxygen atoms in total. The average Bonchev–Trinajstić information content (AvgIpc) is 2.26. The van der Waals surface area contributed by atoms with Gasteiger partial charge in [0.05, 0.1) is 12.1 Å². The number of amidine groups is 1. The second-order valence-corrected chi connectivity index (χ2v) is 3.52. The second-order valence-electron chi connectivity index (χ2n) is 3.52. The molecule has 0 saturated carbocycles. The number of fused-ring (bicyclic) bond motifs is 1. The number of carbonyl (C=O) groups is 2. The van der Waals surface area contributed by atoms with Crippen molar-refractivity contribution < 1.29 is 14.7 Å². The van der Waals surface area contributed by atoms with E-state index in [0.717, 1.165) is 0 Å². The molecule has 0 radical (unpaired) electrons. The van der Waals surface area contributed by atoms with Gasteiger partial charge in [0, 0.05) is 6.42 Å². The number of aliphatic imine (C=N–C) groups is 2. The minimum absolute atomic E-state index is 0.0624. The van der Waals surface area contributed by atoms with Crippen molar-refractivity contribution in [3.05, 3.63) is 24.3 Å². The van der Waals surface area contributed by atoms with Crippen molar-refractivity contribution in [3.8, 4) is 0 Å². The van der Waals surface area contributed by atoms with Crippen LogP contribution in [0.25, 0.3) is 0 Å². The van der Waals surface area contributed by atoms with Crippen molar-refractivity contribution in [1.29, 1.82) is 0 Å². The van der Waals surface area contributed by atoms with Crippen molar-refractivity contribution in [3.63, 3.8) is 0 Å². The predicted molar refractivity (Wildman–Crippen MR) is 58.5 cm³/mol. The molecule has 1 aliphatic heterocycles. The third kappa shape index (κ3) is 2.13. The summed E-state index contributed by atoms with van der Waals surface area (Å²) in [7, 11) is 0. The molecule has 5 heteroatoms. The van der Waals surface area contributed by atoms with Gasteiger partial charge in [0.1, 0.15) is 11.8 Å². The molecule has 16 heavy (non-hydrogen) atoms. The summed E-state index contributed by atoms with van der Waals surface area (Å²) in [5.41, 5.74) is 0.642. The molecule has 1 N–H and O–H groups in total. The Balaban J connectivity index is 2.15. The van der Waals surface area contributed by atoms with Crippen LogP contribution in [-0.4, -0.2) is 28.5 Å². The molecule has 1 aliphatic carbocycles. The predicted octanol–water partition coefficient (Wildman–Crippen LogP) is 0.973. The van der Waals surface area contributed by atoms with E-state index in [2.05, 4.69) is 9.98 Å². The second kappa shape index (κ2) is 4.22. The summed E-state index contributed by atoms with van der Waals surface area (Å²) in [6.07, 6.45) is 7.18. The molecular formula is C11H10N2O3. The molecule has 1 amide bonds. The van der Waals surface area contributed by atoms with E-state index in [1.165, 1.54) is 0 Å². The molecule has 0 aromatic carbocycles. The van der Waals surface area contributed by atoms with Crippen LogP contribution in [0.2, 0.25) is 0 Å². The Kier molecular flexibility index (Phi) is 2.76. The van der Waals surface area contributed by atoms with E-state index in [1.54, 1.807) is 24.3 Å². The summed E-state index contributed by atoms with van der Waals surface area (Å²) in [5.74, 6) is -1.28. The van der Waals surface area contributed by atoms with Gasteiger partial charge in [0.25, 0.3) is 5.91 Å². The highest BCUT2D eigenvalue weighted by atomic mass is 16.4. The van der Waals surface area contributed by atoms with Crippen molar-refractivity contribution in [2.24, 2.45) is 15.9 Å². The zero-order valence-corrected chi connectivity index (χ0v) is 8.46. The zero-order valence-electron chi connectivity index (χ0n) is 8.46. The van der Waals surface area contributed by atoms with Crippen LogP contribution < -0.4 is 0 Å². The lowest BCUT2D eigenvalue weighted by atomic mass is 9.96. The topological polar surface area (TPSA) is 79.1 Å². The molecule has 1 atom stereocenters. The number of carboxylic acid groups (broad SMARTS) is 1. The number of amides is 1. The summed E-state index contributed by atoms with van der Waals surface area (Å²) in [6.45, 7) is 0. The number of hydrogen-bond acceptors (Lipinski definition) is 3. The van der Waals surface area contributed by atoms with Crippen LogP contribution in [0.5, 0.6) is 0 Å². The molecule has 2 rings (SSSR count). The van der Waals surface area contributed by atoms with E-state index in [1.807, 2.05) is 0 Å². The summed E-state index contributed by atoms with van der Waals surface area (Å²) < 4.78 is 0. The van der Waals surface area contributed by atoms with Crippen molar-refractivity contribution in [1.82, 2.24) is 0 Å². The Morgan fingerprint density at radius 2 is 2.19 bits per heavy atom. The van der Waals surface area contributed by atoms with Gasteiger partial charge in [-0.25, -0.2) is 4.99 Å². The van der Waals surface area contributed by atoms with Crippen molar-refractivity contribution >= 4 is 23.4 Å². The Morgan fingerprint density at radius 3 is 2.94 bits per heavy atom. The first-order valence-electron chi connectivity index (χ1n) is 4.93. The molecule has 82 valence electrons. The molecule has 0 aromatic heterocycles. The summed E-state index contributed by atoms with van der Waals surface area (Å²) in [4.78, 5) is 29.9. The van der Waals surface area contributed by atoms with Gasteiger partial charge in [-0.3, -0.25) is 9.59 Å². The first-order chi connectivity index (χ1) is 7.66. The van der Waals surface area contributed by atoms with Gasteiger partial charge in [-0.1, -0.05) is 18.2 Å². The lowest BCUT2D eigenvalue weighted by Gasteiger charge is -2.17.